The van der Waals surface area contributed by atoms with Crippen molar-refractivity contribution in [3.63, 3.8) is 0 Å². The first-order valence-electron chi connectivity index (χ1n) is 6.83. The molecule has 1 aliphatic rings. The van der Waals surface area contributed by atoms with E-state index in [1.165, 1.54) is 18.4 Å². The third-order valence-corrected chi connectivity index (χ3v) is 3.86. The zero-order valence-corrected chi connectivity index (χ0v) is 11.4. The molecule has 1 aliphatic heterocycles. The monoisotopic (exact) mass is 248 g/mol. The molecule has 2 rings (SSSR count). The maximum Gasteiger partial charge on any atom is 0.0702 e. The van der Waals surface area contributed by atoms with Crippen LogP contribution in [0.15, 0.2) is 24.3 Å². The van der Waals surface area contributed by atoms with Crippen LogP contribution < -0.4 is 5.73 Å². The second-order valence-corrected chi connectivity index (χ2v) is 5.26. The molecule has 1 aromatic rings. The number of nitrogens with zero attached hydrogens (tertiary/aromatic N) is 1. The molecule has 0 spiro atoms. The van der Waals surface area contributed by atoms with Crippen LogP contribution in [0.5, 0.6) is 0 Å². The molecule has 2 N–H and O–H groups in total. The summed E-state index contributed by atoms with van der Waals surface area (Å²) in [7, 11) is 2.21. The largest absolute Gasteiger partial charge is 0.399 e. The summed E-state index contributed by atoms with van der Waals surface area (Å²) < 4.78 is 5.61. The van der Waals surface area contributed by atoms with Crippen LogP contribution in [0.3, 0.4) is 0 Å². The zero-order valence-electron chi connectivity index (χ0n) is 11.4. The Bertz CT molecular complexity index is 363. The molecule has 1 saturated heterocycles. The Morgan fingerprint density at radius 1 is 1.33 bits per heavy atom. The highest BCUT2D eigenvalue weighted by atomic mass is 16.5. The van der Waals surface area contributed by atoms with Crippen LogP contribution in [0, 0.1) is 0 Å². The number of hydrogen-bond acceptors (Lipinski definition) is 3. The number of aryl methyl sites for hydroxylation is 1. The van der Waals surface area contributed by atoms with E-state index in [0.717, 1.165) is 25.3 Å². The van der Waals surface area contributed by atoms with Crippen molar-refractivity contribution in [1.82, 2.24) is 4.90 Å². The minimum Gasteiger partial charge on any atom is -0.399 e. The van der Waals surface area contributed by atoms with Crippen LogP contribution in [-0.2, 0) is 11.2 Å². The molecular formula is C15H24N2O. The maximum atomic E-state index is 5.68. The Kier molecular flexibility index (Phi) is 4.61. The molecule has 0 aromatic heterocycles. The summed E-state index contributed by atoms with van der Waals surface area (Å²) in [6.45, 7) is 4.21. The van der Waals surface area contributed by atoms with Gasteiger partial charge in [0, 0.05) is 18.3 Å². The molecular weight excluding hydrogens is 224 g/mol. The third kappa shape index (κ3) is 3.47. The average molecular weight is 248 g/mol. The van der Waals surface area contributed by atoms with Crippen molar-refractivity contribution in [3.8, 4) is 0 Å². The summed E-state index contributed by atoms with van der Waals surface area (Å²) in [6, 6.07) is 8.79. The van der Waals surface area contributed by atoms with Crippen molar-refractivity contribution >= 4 is 5.69 Å². The Morgan fingerprint density at radius 2 is 2.06 bits per heavy atom. The summed E-state index contributed by atoms with van der Waals surface area (Å²) in [5, 5.41) is 0. The van der Waals surface area contributed by atoms with Gasteiger partial charge in [0.2, 0.25) is 0 Å². The van der Waals surface area contributed by atoms with Gasteiger partial charge in [-0.1, -0.05) is 12.1 Å². The minimum absolute atomic E-state index is 0.381. The normalized spacial score (nSPS) is 23.7. The number of rotatable bonds is 5. The van der Waals surface area contributed by atoms with Gasteiger partial charge in [-0.25, -0.2) is 0 Å². The van der Waals surface area contributed by atoms with Crippen molar-refractivity contribution < 1.29 is 4.74 Å². The molecule has 0 saturated carbocycles. The number of nitrogens with two attached hydrogens (primary N) is 1. The fraction of sp³-hybridized carbons (Fsp3) is 0.600. The molecule has 3 heteroatoms. The van der Waals surface area contributed by atoms with Gasteiger partial charge in [-0.2, -0.15) is 0 Å². The van der Waals surface area contributed by atoms with E-state index in [0.29, 0.717) is 12.1 Å². The highest BCUT2D eigenvalue weighted by Crippen LogP contribution is 2.18. The van der Waals surface area contributed by atoms with Crippen molar-refractivity contribution in [2.45, 2.75) is 38.3 Å². The molecule has 0 bridgehead atoms. The average Bonchev–Trinajstić information content (AvgIpc) is 2.78. The van der Waals surface area contributed by atoms with Crippen molar-refractivity contribution in [2.75, 3.05) is 25.9 Å². The number of likely N-dealkylation sites (N-methyl/N-ethyl adjacent to an activating group) is 1. The molecule has 1 aromatic carbocycles. The molecule has 1 heterocycles. The topological polar surface area (TPSA) is 38.5 Å². The summed E-state index contributed by atoms with van der Waals surface area (Å²) in [5.41, 5.74) is 7.89. The molecule has 18 heavy (non-hydrogen) atoms. The van der Waals surface area contributed by atoms with Gasteiger partial charge < -0.3 is 15.4 Å². The van der Waals surface area contributed by atoms with E-state index in [9.17, 15) is 0 Å². The molecule has 2 unspecified atom stereocenters. The number of ether oxygens (including phenoxy) is 1. The highest BCUT2D eigenvalue weighted by molar-refractivity contribution is 5.39. The lowest BCUT2D eigenvalue weighted by atomic mass is 10.1. The van der Waals surface area contributed by atoms with E-state index in [2.05, 4.69) is 31.0 Å². The Morgan fingerprint density at radius 3 is 2.67 bits per heavy atom. The van der Waals surface area contributed by atoms with Crippen molar-refractivity contribution in [3.05, 3.63) is 29.8 Å². The first kappa shape index (κ1) is 13.4. The predicted octanol–water partition coefficient (Wildman–Crippen LogP) is 2.31. The number of anilines is 1. The van der Waals surface area contributed by atoms with Gasteiger partial charge in [-0.15, -0.1) is 0 Å². The van der Waals surface area contributed by atoms with Crippen LogP contribution in [0.4, 0.5) is 5.69 Å². The van der Waals surface area contributed by atoms with E-state index >= 15 is 0 Å². The van der Waals surface area contributed by atoms with Crippen molar-refractivity contribution in [1.29, 1.82) is 0 Å². The van der Waals surface area contributed by atoms with Crippen LogP contribution in [-0.4, -0.2) is 37.2 Å². The van der Waals surface area contributed by atoms with Crippen molar-refractivity contribution in [2.24, 2.45) is 0 Å². The zero-order chi connectivity index (χ0) is 13.0. The summed E-state index contributed by atoms with van der Waals surface area (Å²) in [4.78, 5) is 2.44. The first-order valence-corrected chi connectivity index (χ1v) is 6.83. The molecule has 0 aliphatic carbocycles. The second kappa shape index (κ2) is 6.21. The summed E-state index contributed by atoms with van der Waals surface area (Å²) in [5.74, 6) is 0. The maximum absolute atomic E-state index is 5.68. The van der Waals surface area contributed by atoms with Crippen LogP contribution >= 0.6 is 0 Å². The van der Waals surface area contributed by atoms with Crippen LogP contribution in [0.1, 0.15) is 25.3 Å². The molecule has 3 nitrogen and oxygen atoms in total. The van der Waals surface area contributed by atoms with Gasteiger partial charge in [0.1, 0.15) is 0 Å². The van der Waals surface area contributed by atoms with E-state index in [1.54, 1.807) is 0 Å². The molecule has 0 radical (unpaired) electrons. The van der Waals surface area contributed by atoms with Crippen LogP contribution in [0.2, 0.25) is 0 Å². The smallest absolute Gasteiger partial charge is 0.0702 e. The lowest BCUT2D eigenvalue weighted by molar-refractivity contribution is 0.0834. The standard InChI is InChI=1S/C15H24N2O/c1-12-15(9-11-18-12)17(2)10-3-4-13-5-7-14(16)8-6-13/h5-8,12,15H,3-4,9-11,16H2,1-2H3. The predicted molar refractivity (Wildman–Crippen MR) is 75.6 cm³/mol. The number of hydrogen-bond donors (Lipinski definition) is 1. The quantitative estimate of drug-likeness (QED) is 0.813. The van der Waals surface area contributed by atoms with Gasteiger partial charge in [-0.3, -0.25) is 0 Å². The first-order chi connectivity index (χ1) is 8.66. The number of nitrogen functional groups attached to an aromatic ring is 1. The Hall–Kier alpha value is -1.06. The van der Waals surface area contributed by atoms with Gasteiger partial charge in [-0.05, 0) is 57.5 Å². The van der Waals surface area contributed by atoms with Crippen LogP contribution in [0.25, 0.3) is 0 Å². The van der Waals surface area contributed by atoms with Gasteiger partial charge in [0.05, 0.1) is 6.10 Å². The molecule has 0 amide bonds. The van der Waals surface area contributed by atoms with E-state index in [1.807, 2.05) is 12.1 Å². The lowest BCUT2D eigenvalue weighted by Crippen LogP contribution is -2.37. The third-order valence-electron chi connectivity index (χ3n) is 3.86. The summed E-state index contributed by atoms with van der Waals surface area (Å²) >= 11 is 0. The minimum atomic E-state index is 0.381. The lowest BCUT2D eigenvalue weighted by Gasteiger charge is -2.26. The highest BCUT2D eigenvalue weighted by Gasteiger charge is 2.27. The molecule has 2 atom stereocenters. The fourth-order valence-corrected chi connectivity index (χ4v) is 2.68. The summed E-state index contributed by atoms with van der Waals surface area (Å²) in [6.07, 6.45) is 3.85. The van der Waals surface area contributed by atoms with E-state index in [-0.39, 0.29) is 0 Å². The Balaban J connectivity index is 1.73. The van der Waals surface area contributed by atoms with Gasteiger partial charge in [0.25, 0.3) is 0 Å². The van der Waals surface area contributed by atoms with E-state index < -0.39 is 0 Å². The fourth-order valence-electron chi connectivity index (χ4n) is 2.68. The number of benzene rings is 1. The van der Waals surface area contributed by atoms with Gasteiger partial charge >= 0.3 is 0 Å². The molecule has 100 valence electrons. The van der Waals surface area contributed by atoms with E-state index in [4.69, 9.17) is 10.5 Å². The second-order valence-electron chi connectivity index (χ2n) is 5.26. The Labute approximate surface area is 110 Å². The SMILES string of the molecule is CC1OCCC1N(C)CCCc1ccc(N)cc1. The molecule has 1 fully saturated rings. The van der Waals surface area contributed by atoms with Gasteiger partial charge in [0.15, 0.2) is 0 Å².